The quantitative estimate of drug-likeness (QED) is 0.483. The number of amides is 3. The molecule has 146 valence electrons. The van der Waals surface area contributed by atoms with Crippen LogP contribution in [0, 0.1) is 0 Å². The molecule has 0 fully saturated rings. The Bertz CT molecular complexity index is 890. The number of benzene rings is 2. The lowest BCUT2D eigenvalue weighted by molar-refractivity contribution is -0.147. The van der Waals surface area contributed by atoms with E-state index in [1.54, 1.807) is 30.3 Å². The van der Waals surface area contributed by atoms with Gasteiger partial charge in [0.15, 0.2) is 6.61 Å². The van der Waals surface area contributed by atoms with E-state index in [1.165, 1.54) is 18.2 Å². The van der Waals surface area contributed by atoms with Gasteiger partial charge < -0.3 is 10.1 Å². The van der Waals surface area contributed by atoms with Gasteiger partial charge in [0.2, 0.25) is 0 Å². The van der Waals surface area contributed by atoms with E-state index in [0.717, 1.165) is 0 Å². The summed E-state index contributed by atoms with van der Waals surface area (Å²) in [6, 6.07) is 12.5. The van der Waals surface area contributed by atoms with E-state index in [9.17, 15) is 19.2 Å². The van der Waals surface area contributed by atoms with Crippen molar-refractivity contribution in [3.05, 3.63) is 69.7 Å². The van der Waals surface area contributed by atoms with Crippen molar-refractivity contribution < 1.29 is 23.9 Å². The fourth-order valence-corrected chi connectivity index (χ4v) is 2.21. The van der Waals surface area contributed by atoms with Crippen LogP contribution in [0.25, 0.3) is 0 Å². The molecule has 0 aromatic heterocycles. The number of rotatable bonds is 6. The van der Waals surface area contributed by atoms with Gasteiger partial charge in [-0.2, -0.15) is 0 Å². The minimum absolute atomic E-state index is 0.200. The molecule has 0 aliphatic rings. The molecule has 0 aliphatic carbocycles. The summed E-state index contributed by atoms with van der Waals surface area (Å²) < 4.78 is 4.71. The second kappa shape index (κ2) is 10.3. The fraction of sp³-hybridized carbons (Fsp3) is 0.111. The third kappa shape index (κ3) is 6.57. The van der Waals surface area contributed by atoms with Crippen molar-refractivity contribution in [2.75, 3.05) is 13.2 Å². The van der Waals surface area contributed by atoms with Gasteiger partial charge >= 0.3 is 5.97 Å². The zero-order valence-electron chi connectivity index (χ0n) is 14.3. The highest BCUT2D eigenvalue weighted by Crippen LogP contribution is 2.22. The summed E-state index contributed by atoms with van der Waals surface area (Å²) in [5.41, 5.74) is 4.85. The summed E-state index contributed by atoms with van der Waals surface area (Å²) in [5, 5.41) is 2.82. The predicted octanol–water partition coefficient (Wildman–Crippen LogP) is 1.73. The first-order valence-corrected chi connectivity index (χ1v) is 8.65. The molecule has 10 heteroatoms. The number of carbonyl (C=O) groups excluding carboxylic acids is 4. The monoisotopic (exact) mass is 423 g/mol. The second-order valence-electron chi connectivity index (χ2n) is 5.34. The lowest BCUT2D eigenvalue weighted by atomic mass is 10.2. The maximum absolute atomic E-state index is 11.9. The molecule has 2 aromatic carbocycles. The van der Waals surface area contributed by atoms with E-state index >= 15 is 0 Å². The van der Waals surface area contributed by atoms with Crippen LogP contribution in [0.5, 0.6) is 0 Å². The predicted molar refractivity (Wildman–Crippen MR) is 102 cm³/mol. The van der Waals surface area contributed by atoms with Gasteiger partial charge in [0, 0.05) is 11.1 Å². The highest BCUT2D eigenvalue weighted by atomic mass is 35.5. The molecule has 2 aromatic rings. The van der Waals surface area contributed by atoms with E-state index in [4.69, 9.17) is 27.9 Å². The largest absolute Gasteiger partial charge is 0.454 e. The highest BCUT2D eigenvalue weighted by molar-refractivity contribution is 6.42. The van der Waals surface area contributed by atoms with E-state index in [2.05, 4.69) is 16.2 Å². The average molecular weight is 424 g/mol. The number of nitrogens with one attached hydrogen (secondary N) is 3. The van der Waals surface area contributed by atoms with E-state index in [0.29, 0.717) is 10.6 Å². The molecule has 2 rings (SSSR count). The Morgan fingerprint density at radius 3 is 2.21 bits per heavy atom. The molecule has 0 unspecified atom stereocenters. The van der Waals surface area contributed by atoms with Crippen LogP contribution in [0.2, 0.25) is 10.0 Å². The Labute approximate surface area is 170 Å². The summed E-state index contributed by atoms with van der Waals surface area (Å²) in [5.74, 6) is -2.66. The van der Waals surface area contributed by atoms with Crippen molar-refractivity contribution in [1.82, 2.24) is 16.2 Å². The normalized spacial score (nSPS) is 9.93. The Hall–Kier alpha value is -3.10. The van der Waals surface area contributed by atoms with E-state index in [-0.39, 0.29) is 10.6 Å². The van der Waals surface area contributed by atoms with Crippen molar-refractivity contribution in [2.45, 2.75) is 0 Å². The number of hydrazine groups is 1. The van der Waals surface area contributed by atoms with Gasteiger partial charge in [-0.3, -0.25) is 30.0 Å². The molecule has 3 amide bonds. The topological polar surface area (TPSA) is 114 Å². The highest BCUT2D eigenvalue weighted by Gasteiger charge is 2.12. The first kappa shape index (κ1) is 21.2. The number of halogens is 2. The summed E-state index contributed by atoms with van der Waals surface area (Å²) in [7, 11) is 0. The Balaban J connectivity index is 1.68. The molecule has 0 bridgehead atoms. The van der Waals surface area contributed by atoms with Crippen molar-refractivity contribution >= 4 is 46.9 Å². The molecule has 0 heterocycles. The molecule has 28 heavy (non-hydrogen) atoms. The molecule has 0 spiro atoms. The van der Waals surface area contributed by atoms with Crippen LogP contribution in [-0.4, -0.2) is 36.8 Å². The smallest absolute Gasteiger partial charge is 0.325 e. The van der Waals surface area contributed by atoms with Crippen LogP contribution >= 0.6 is 23.2 Å². The molecular formula is C18H15Cl2N3O5. The minimum atomic E-state index is -0.835. The molecule has 0 saturated heterocycles. The zero-order valence-corrected chi connectivity index (χ0v) is 15.8. The zero-order chi connectivity index (χ0) is 20.5. The Kier molecular flexibility index (Phi) is 7.79. The number of hydrogen-bond donors (Lipinski definition) is 3. The number of hydrogen-bond acceptors (Lipinski definition) is 5. The summed E-state index contributed by atoms with van der Waals surface area (Å²) in [6.45, 7) is -1.08. The molecule has 0 atom stereocenters. The van der Waals surface area contributed by atoms with Crippen LogP contribution in [0.4, 0.5) is 0 Å². The third-order valence-electron chi connectivity index (χ3n) is 3.29. The van der Waals surface area contributed by atoms with E-state index < -0.39 is 36.8 Å². The Morgan fingerprint density at radius 2 is 1.54 bits per heavy atom. The van der Waals surface area contributed by atoms with Gasteiger partial charge in [-0.25, -0.2) is 0 Å². The SMILES string of the molecule is O=C(COC(=O)CNC(=O)c1ccc(Cl)c(Cl)c1)NNC(=O)c1ccccc1. The lowest BCUT2D eigenvalue weighted by Gasteiger charge is -2.09. The van der Waals surface area contributed by atoms with Crippen molar-refractivity contribution in [3.8, 4) is 0 Å². The van der Waals surface area contributed by atoms with Crippen molar-refractivity contribution in [3.63, 3.8) is 0 Å². The molecular weight excluding hydrogens is 409 g/mol. The molecule has 0 radical (unpaired) electrons. The molecule has 0 aliphatic heterocycles. The first-order valence-electron chi connectivity index (χ1n) is 7.90. The fourth-order valence-electron chi connectivity index (χ4n) is 1.91. The number of carbonyl (C=O) groups is 4. The summed E-state index contributed by atoms with van der Waals surface area (Å²) in [4.78, 5) is 46.9. The van der Waals surface area contributed by atoms with Gasteiger partial charge in [-0.1, -0.05) is 41.4 Å². The molecule has 8 nitrogen and oxygen atoms in total. The van der Waals surface area contributed by atoms with Crippen LogP contribution in [0.15, 0.2) is 48.5 Å². The van der Waals surface area contributed by atoms with Gasteiger partial charge in [0.05, 0.1) is 10.0 Å². The number of esters is 1. The lowest BCUT2D eigenvalue weighted by Crippen LogP contribution is -2.44. The first-order chi connectivity index (χ1) is 13.4. The third-order valence-corrected chi connectivity index (χ3v) is 4.03. The average Bonchev–Trinajstić information content (AvgIpc) is 2.71. The van der Waals surface area contributed by atoms with Crippen molar-refractivity contribution in [1.29, 1.82) is 0 Å². The van der Waals surface area contributed by atoms with Crippen LogP contribution in [0.3, 0.4) is 0 Å². The standard InChI is InChI=1S/C18H15Cl2N3O5/c19-13-7-6-12(8-14(13)20)17(26)21-9-16(25)28-10-15(24)22-23-18(27)11-4-2-1-3-5-11/h1-8H,9-10H2,(H,21,26)(H,22,24)(H,23,27). The van der Waals surface area contributed by atoms with Gasteiger partial charge in [-0.15, -0.1) is 0 Å². The van der Waals surface area contributed by atoms with Gasteiger partial charge in [0.25, 0.3) is 17.7 Å². The summed E-state index contributed by atoms with van der Waals surface area (Å²) >= 11 is 11.6. The number of ether oxygens (including phenoxy) is 1. The van der Waals surface area contributed by atoms with Crippen LogP contribution in [-0.2, 0) is 14.3 Å². The van der Waals surface area contributed by atoms with Crippen LogP contribution in [0.1, 0.15) is 20.7 Å². The van der Waals surface area contributed by atoms with Gasteiger partial charge in [0.1, 0.15) is 6.54 Å². The Morgan fingerprint density at radius 1 is 0.821 bits per heavy atom. The minimum Gasteiger partial charge on any atom is -0.454 e. The maximum atomic E-state index is 11.9. The maximum Gasteiger partial charge on any atom is 0.325 e. The molecule has 0 saturated carbocycles. The second-order valence-corrected chi connectivity index (χ2v) is 6.15. The van der Waals surface area contributed by atoms with Crippen molar-refractivity contribution in [2.24, 2.45) is 0 Å². The molecule has 3 N–H and O–H groups in total. The van der Waals surface area contributed by atoms with E-state index in [1.807, 2.05) is 0 Å². The summed E-state index contributed by atoms with van der Waals surface area (Å²) in [6.07, 6.45) is 0. The van der Waals surface area contributed by atoms with Gasteiger partial charge in [-0.05, 0) is 30.3 Å². The van der Waals surface area contributed by atoms with Crippen LogP contribution < -0.4 is 16.2 Å².